The Bertz CT molecular complexity index is 2270. The zero-order valence-corrected chi connectivity index (χ0v) is 33.1. The molecule has 0 N–H and O–H groups in total. The van der Waals surface area contributed by atoms with Crippen LogP contribution in [-0.4, -0.2) is 26.4 Å². The van der Waals surface area contributed by atoms with Crippen molar-refractivity contribution in [2.24, 2.45) is 23.7 Å². The summed E-state index contributed by atoms with van der Waals surface area (Å²) in [4.78, 5) is 4.74. The predicted molar refractivity (Wildman–Crippen MR) is 219 cm³/mol. The zero-order valence-electron chi connectivity index (χ0n) is 33.1. The first-order chi connectivity index (χ1) is 25.5. The molecule has 276 valence electrons. The highest BCUT2D eigenvalue weighted by atomic mass is 16.5. The van der Waals surface area contributed by atoms with Crippen LogP contribution < -0.4 is 9.47 Å². The Hall–Kier alpha value is -4.84. The number of hydrogen-bond acceptors (Lipinski definition) is 4. The maximum absolute atomic E-state index is 6.77. The van der Waals surface area contributed by atoms with Crippen LogP contribution in [0.4, 0.5) is 0 Å². The van der Waals surface area contributed by atoms with Gasteiger partial charge in [0.05, 0.1) is 29.5 Å². The number of ether oxygens (including phenoxy) is 2. The van der Waals surface area contributed by atoms with Crippen LogP contribution in [0.1, 0.15) is 96.2 Å². The van der Waals surface area contributed by atoms with Crippen LogP contribution in [0, 0.1) is 30.6 Å². The molecule has 0 fully saturated rings. The number of methoxy groups -OCH3 is 1. The van der Waals surface area contributed by atoms with E-state index in [0.717, 1.165) is 76.4 Å². The Kier molecular flexibility index (Phi) is 10.5. The number of rotatable bonds is 12. The molecule has 0 radical (unpaired) electrons. The second-order valence-electron chi connectivity index (χ2n) is 16.4. The topological polar surface area (TPSA) is 54.1 Å². The van der Waals surface area contributed by atoms with E-state index in [4.69, 9.17) is 19.6 Å². The van der Waals surface area contributed by atoms with Gasteiger partial charge in [-0.05, 0) is 112 Å². The molecule has 1 unspecified atom stereocenters. The fourth-order valence-electron chi connectivity index (χ4n) is 8.62. The third-order valence-corrected chi connectivity index (χ3v) is 11.0. The number of fused-ring (bicyclic) bond motifs is 3. The van der Waals surface area contributed by atoms with Crippen molar-refractivity contribution in [1.82, 2.24) is 19.3 Å². The largest absolute Gasteiger partial charge is 0.497 e. The Morgan fingerprint density at radius 2 is 1.55 bits per heavy atom. The van der Waals surface area contributed by atoms with E-state index in [1.54, 1.807) is 13.3 Å². The molecule has 6 nitrogen and oxygen atoms in total. The summed E-state index contributed by atoms with van der Waals surface area (Å²) in [5, 5.41) is 7.83. The van der Waals surface area contributed by atoms with E-state index in [-0.39, 0.29) is 0 Å². The predicted octanol–water partition coefficient (Wildman–Crippen LogP) is 12.4. The normalized spacial score (nSPS) is 17.6. The zero-order chi connectivity index (χ0) is 37.4. The minimum atomic E-state index is 0.391. The van der Waals surface area contributed by atoms with Gasteiger partial charge >= 0.3 is 0 Å². The van der Waals surface area contributed by atoms with E-state index in [1.807, 2.05) is 12.1 Å². The highest BCUT2D eigenvalue weighted by molar-refractivity contribution is 6.09. The van der Waals surface area contributed by atoms with Gasteiger partial charge < -0.3 is 9.47 Å². The standard InChI is InChI=1S/C47H56N4O2/c1-29(2)14-18-41-47(46-33(7)22-31(5)23-34(46)8)43(19-15-30(3)4)51(49-41)35-24-32(6)25-38(26-35)53-37-16-17-40-39-12-10-11-13-42(39)50(44(40)27-37)45-28-36(52-9)20-21-48-45/h10-13,16-17,20-22,24-31,34,46H,14-15,18-19,23H2,1-9H3/t31?,34-,46+/m0/s1. The van der Waals surface area contributed by atoms with Gasteiger partial charge in [0, 0.05) is 52.3 Å². The fourth-order valence-corrected chi connectivity index (χ4v) is 8.62. The molecule has 0 aliphatic heterocycles. The van der Waals surface area contributed by atoms with Gasteiger partial charge in [0.15, 0.2) is 0 Å². The summed E-state index contributed by atoms with van der Waals surface area (Å²) >= 11 is 0. The lowest BCUT2D eigenvalue weighted by Gasteiger charge is -2.33. The maximum Gasteiger partial charge on any atom is 0.141 e. The molecule has 53 heavy (non-hydrogen) atoms. The van der Waals surface area contributed by atoms with Crippen LogP contribution in [0.25, 0.3) is 33.3 Å². The van der Waals surface area contributed by atoms with E-state index in [9.17, 15) is 0 Å². The van der Waals surface area contributed by atoms with Gasteiger partial charge in [0.1, 0.15) is 23.1 Å². The van der Waals surface area contributed by atoms with Gasteiger partial charge in [-0.2, -0.15) is 5.10 Å². The monoisotopic (exact) mass is 708 g/mol. The molecule has 3 atom stereocenters. The molecular formula is C47H56N4O2. The third kappa shape index (κ3) is 7.51. The van der Waals surface area contributed by atoms with Crippen molar-refractivity contribution in [1.29, 1.82) is 0 Å². The van der Waals surface area contributed by atoms with E-state index in [1.165, 1.54) is 34.3 Å². The van der Waals surface area contributed by atoms with Gasteiger partial charge in [-0.1, -0.05) is 71.4 Å². The summed E-state index contributed by atoms with van der Waals surface area (Å²) < 4.78 is 16.8. The molecule has 7 rings (SSSR count). The van der Waals surface area contributed by atoms with Crippen LogP contribution in [0.2, 0.25) is 0 Å². The molecule has 1 aliphatic carbocycles. The van der Waals surface area contributed by atoms with Crippen molar-refractivity contribution in [3.05, 3.63) is 113 Å². The summed E-state index contributed by atoms with van der Waals surface area (Å²) in [6.07, 6.45) is 9.75. The van der Waals surface area contributed by atoms with Crippen LogP contribution in [0.3, 0.4) is 0 Å². The Labute approximate surface area is 315 Å². The third-order valence-electron chi connectivity index (χ3n) is 11.0. The van der Waals surface area contributed by atoms with Gasteiger partial charge in [-0.3, -0.25) is 4.57 Å². The van der Waals surface area contributed by atoms with Crippen molar-refractivity contribution < 1.29 is 9.47 Å². The lowest BCUT2D eigenvalue weighted by Crippen LogP contribution is -2.21. The van der Waals surface area contributed by atoms with Gasteiger partial charge in [-0.15, -0.1) is 0 Å². The number of benzene rings is 3. The van der Waals surface area contributed by atoms with E-state index >= 15 is 0 Å². The molecule has 6 heteroatoms. The number of aryl methyl sites for hydroxylation is 2. The number of allylic oxidation sites excluding steroid dienone is 2. The van der Waals surface area contributed by atoms with Crippen LogP contribution in [-0.2, 0) is 12.8 Å². The molecule has 0 saturated heterocycles. The second kappa shape index (κ2) is 15.3. The number of aromatic nitrogens is 4. The summed E-state index contributed by atoms with van der Waals surface area (Å²) in [6.45, 7) is 18.6. The quantitative estimate of drug-likeness (QED) is 0.119. The maximum atomic E-state index is 6.77. The summed E-state index contributed by atoms with van der Waals surface area (Å²) in [5.41, 5.74) is 9.92. The lowest BCUT2D eigenvalue weighted by molar-refractivity contribution is 0.388. The number of para-hydroxylation sites is 1. The van der Waals surface area contributed by atoms with E-state index in [2.05, 4.69) is 131 Å². The van der Waals surface area contributed by atoms with Crippen LogP contribution in [0.5, 0.6) is 17.2 Å². The minimum absolute atomic E-state index is 0.391. The summed E-state index contributed by atoms with van der Waals surface area (Å²) in [6, 6.07) is 25.2. The number of hydrogen-bond donors (Lipinski definition) is 0. The van der Waals surface area contributed by atoms with Crippen molar-refractivity contribution in [3.63, 3.8) is 0 Å². The summed E-state index contributed by atoms with van der Waals surface area (Å²) in [7, 11) is 1.69. The highest BCUT2D eigenvalue weighted by Gasteiger charge is 2.33. The molecule has 6 aromatic rings. The van der Waals surface area contributed by atoms with Crippen LogP contribution in [0.15, 0.2) is 90.6 Å². The number of pyridine rings is 1. The molecule has 0 spiro atoms. The molecule has 0 amide bonds. The molecule has 3 aromatic carbocycles. The van der Waals surface area contributed by atoms with Crippen LogP contribution >= 0.6 is 0 Å². The van der Waals surface area contributed by atoms with Gasteiger partial charge in [-0.25, -0.2) is 9.67 Å². The Morgan fingerprint density at radius 3 is 2.30 bits per heavy atom. The lowest BCUT2D eigenvalue weighted by atomic mass is 9.71. The molecule has 0 saturated carbocycles. The first-order valence-corrected chi connectivity index (χ1v) is 19.6. The smallest absolute Gasteiger partial charge is 0.141 e. The average molecular weight is 709 g/mol. The van der Waals surface area contributed by atoms with Gasteiger partial charge in [0.2, 0.25) is 0 Å². The van der Waals surface area contributed by atoms with E-state index in [0.29, 0.717) is 29.6 Å². The second-order valence-corrected chi connectivity index (χ2v) is 16.4. The summed E-state index contributed by atoms with van der Waals surface area (Å²) in [5.74, 6) is 5.91. The fraction of sp³-hybridized carbons (Fsp3) is 0.404. The van der Waals surface area contributed by atoms with Crippen molar-refractivity contribution >= 4 is 21.8 Å². The minimum Gasteiger partial charge on any atom is -0.497 e. The molecule has 0 bridgehead atoms. The Morgan fingerprint density at radius 1 is 0.792 bits per heavy atom. The molecule has 3 aromatic heterocycles. The van der Waals surface area contributed by atoms with Crippen molar-refractivity contribution in [2.75, 3.05) is 7.11 Å². The first-order valence-electron chi connectivity index (χ1n) is 19.6. The van der Waals surface area contributed by atoms with E-state index < -0.39 is 0 Å². The van der Waals surface area contributed by atoms with Gasteiger partial charge in [0.25, 0.3) is 0 Å². The number of nitrogens with zero attached hydrogens (tertiary/aromatic N) is 4. The van der Waals surface area contributed by atoms with Crippen molar-refractivity contribution in [3.8, 4) is 28.8 Å². The molecule has 1 aliphatic rings. The first kappa shape index (κ1) is 36.5. The molecular weight excluding hydrogens is 653 g/mol. The molecule has 3 heterocycles. The van der Waals surface area contributed by atoms with Crippen molar-refractivity contribution in [2.45, 2.75) is 93.4 Å². The average Bonchev–Trinajstić information content (AvgIpc) is 3.64. The highest BCUT2D eigenvalue weighted by Crippen LogP contribution is 2.44. The SMILES string of the molecule is COc1ccnc(-n2c3ccccc3c3ccc(Oc4cc(C)cc(-n5nc(CCC(C)C)c([C@@H]6C(C)=CC(C)C[C@@H]6C)c5CCC(C)C)c4)cc32)c1. The Balaban J connectivity index is 1.33.